The van der Waals surface area contributed by atoms with Crippen LogP contribution in [0.15, 0.2) is 36.5 Å². The third-order valence-corrected chi connectivity index (χ3v) is 3.59. The van der Waals surface area contributed by atoms with E-state index in [0.29, 0.717) is 17.7 Å². The minimum absolute atomic E-state index is 0.414. The number of aromatic nitrogens is 3. The van der Waals surface area contributed by atoms with Gasteiger partial charge in [0.1, 0.15) is 5.15 Å². The number of hydrogen-bond donors (Lipinski definition) is 2. The summed E-state index contributed by atoms with van der Waals surface area (Å²) in [5.41, 5.74) is 3.18. The zero-order valence-corrected chi connectivity index (χ0v) is 13.0. The number of benzene rings is 1. The number of para-hydroxylation sites is 1. The van der Waals surface area contributed by atoms with Gasteiger partial charge in [-0.15, -0.1) is 0 Å². The standard InChI is InChI=1S/C16H17ClN4O/c1-22-10-12-8-15(17)21-16(20-12)18-7-6-11-9-19-14-5-3-2-4-13(11)14/h2-5,8-9,19H,6-7,10H2,1H3,(H,18,20,21). The molecule has 2 N–H and O–H groups in total. The van der Waals surface area contributed by atoms with Crippen LogP contribution in [-0.2, 0) is 17.8 Å². The quantitative estimate of drug-likeness (QED) is 0.684. The third kappa shape index (κ3) is 3.37. The summed E-state index contributed by atoms with van der Waals surface area (Å²) in [6, 6.07) is 9.97. The molecule has 2 aromatic heterocycles. The highest BCUT2D eigenvalue weighted by Gasteiger charge is 2.05. The number of H-pyrrole nitrogens is 1. The number of nitrogens with zero attached hydrogens (tertiary/aromatic N) is 2. The molecule has 5 nitrogen and oxygen atoms in total. The minimum atomic E-state index is 0.414. The van der Waals surface area contributed by atoms with Crippen LogP contribution in [-0.4, -0.2) is 28.6 Å². The largest absolute Gasteiger partial charge is 0.378 e. The average molecular weight is 317 g/mol. The first-order valence-electron chi connectivity index (χ1n) is 7.07. The van der Waals surface area contributed by atoms with Gasteiger partial charge in [-0.05, 0) is 24.1 Å². The molecule has 3 rings (SSSR count). The molecule has 2 heterocycles. The van der Waals surface area contributed by atoms with Crippen LogP contribution >= 0.6 is 11.6 Å². The maximum atomic E-state index is 5.99. The van der Waals surface area contributed by atoms with Crippen molar-refractivity contribution in [3.05, 3.63) is 52.9 Å². The van der Waals surface area contributed by atoms with Crippen molar-refractivity contribution in [1.29, 1.82) is 0 Å². The predicted molar refractivity (Wildman–Crippen MR) is 88.2 cm³/mol. The summed E-state index contributed by atoms with van der Waals surface area (Å²) < 4.78 is 5.07. The Kier molecular flexibility index (Phi) is 4.56. The second kappa shape index (κ2) is 6.77. The topological polar surface area (TPSA) is 62.8 Å². The Morgan fingerprint density at radius 2 is 2.14 bits per heavy atom. The lowest BCUT2D eigenvalue weighted by molar-refractivity contribution is 0.181. The van der Waals surface area contributed by atoms with Crippen LogP contribution in [0.5, 0.6) is 0 Å². The van der Waals surface area contributed by atoms with Crippen molar-refractivity contribution in [3.63, 3.8) is 0 Å². The zero-order valence-electron chi connectivity index (χ0n) is 12.3. The van der Waals surface area contributed by atoms with Crippen molar-refractivity contribution in [1.82, 2.24) is 15.0 Å². The summed E-state index contributed by atoms with van der Waals surface area (Å²) in [6.07, 6.45) is 2.92. The number of methoxy groups -OCH3 is 1. The molecule has 0 aliphatic rings. The Labute approximate surface area is 133 Å². The van der Waals surface area contributed by atoms with E-state index in [0.717, 1.165) is 24.2 Å². The van der Waals surface area contributed by atoms with Gasteiger partial charge >= 0.3 is 0 Å². The minimum Gasteiger partial charge on any atom is -0.378 e. The summed E-state index contributed by atoms with van der Waals surface area (Å²) in [5.74, 6) is 0.527. The fraction of sp³-hybridized carbons (Fsp3) is 0.250. The predicted octanol–water partition coefficient (Wildman–Crippen LogP) is 3.41. The first-order chi connectivity index (χ1) is 10.8. The number of anilines is 1. The van der Waals surface area contributed by atoms with Crippen molar-refractivity contribution in [2.75, 3.05) is 19.0 Å². The van der Waals surface area contributed by atoms with Gasteiger partial charge < -0.3 is 15.0 Å². The van der Waals surface area contributed by atoms with E-state index in [9.17, 15) is 0 Å². The normalized spacial score (nSPS) is 11.0. The Balaban J connectivity index is 1.65. The first kappa shape index (κ1) is 14.8. The summed E-state index contributed by atoms with van der Waals surface area (Å²) in [6.45, 7) is 1.15. The van der Waals surface area contributed by atoms with E-state index in [1.165, 1.54) is 10.9 Å². The smallest absolute Gasteiger partial charge is 0.224 e. The van der Waals surface area contributed by atoms with E-state index in [4.69, 9.17) is 16.3 Å². The van der Waals surface area contributed by atoms with Crippen molar-refractivity contribution >= 4 is 28.5 Å². The van der Waals surface area contributed by atoms with Gasteiger partial charge in [-0.2, -0.15) is 0 Å². The Morgan fingerprint density at radius 3 is 3.00 bits per heavy atom. The highest BCUT2D eigenvalue weighted by molar-refractivity contribution is 6.29. The van der Waals surface area contributed by atoms with Gasteiger partial charge in [-0.25, -0.2) is 9.97 Å². The van der Waals surface area contributed by atoms with Crippen molar-refractivity contribution < 1.29 is 4.74 Å². The number of halogens is 1. The fourth-order valence-electron chi connectivity index (χ4n) is 2.41. The highest BCUT2D eigenvalue weighted by atomic mass is 35.5. The number of nitrogens with one attached hydrogen (secondary N) is 2. The maximum absolute atomic E-state index is 5.99. The molecule has 0 spiro atoms. The Morgan fingerprint density at radius 1 is 1.27 bits per heavy atom. The lowest BCUT2D eigenvalue weighted by Crippen LogP contribution is -2.09. The summed E-state index contributed by atoms with van der Waals surface area (Å²) in [5, 5.41) is 4.87. The molecule has 0 aliphatic heterocycles. The number of aromatic amines is 1. The number of hydrogen-bond acceptors (Lipinski definition) is 4. The Hall–Kier alpha value is -2.11. The van der Waals surface area contributed by atoms with Crippen molar-refractivity contribution in [2.24, 2.45) is 0 Å². The molecule has 0 saturated carbocycles. The van der Waals surface area contributed by atoms with Crippen LogP contribution in [0.4, 0.5) is 5.95 Å². The van der Waals surface area contributed by atoms with Gasteiger partial charge in [-0.3, -0.25) is 0 Å². The van der Waals surface area contributed by atoms with Gasteiger partial charge in [-0.1, -0.05) is 29.8 Å². The first-order valence-corrected chi connectivity index (χ1v) is 7.45. The molecule has 6 heteroatoms. The van der Waals surface area contributed by atoms with Crippen molar-refractivity contribution in [3.8, 4) is 0 Å². The molecule has 0 radical (unpaired) electrons. The number of fused-ring (bicyclic) bond motifs is 1. The van der Waals surface area contributed by atoms with Crippen LogP contribution in [0.2, 0.25) is 5.15 Å². The fourth-order valence-corrected chi connectivity index (χ4v) is 2.62. The van der Waals surface area contributed by atoms with Crippen LogP contribution in [0, 0.1) is 0 Å². The second-order valence-electron chi connectivity index (χ2n) is 4.97. The molecule has 0 fully saturated rings. The summed E-state index contributed by atoms with van der Waals surface area (Å²) >= 11 is 5.99. The third-order valence-electron chi connectivity index (χ3n) is 3.39. The van der Waals surface area contributed by atoms with Crippen LogP contribution in [0.25, 0.3) is 10.9 Å². The monoisotopic (exact) mass is 316 g/mol. The number of rotatable bonds is 6. The molecular weight excluding hydrogens is 300 g/mol. The van der Waals surface area contributed by atoms with Gasteiger partial charge in [0.25, 0.3) is 0 Å². The van der Waals surface area contributed by atoms with Gasteiger partial charge in [0.15, 0.2) is 0 Å². The maximum Gasteiger partial charge on any atom is 0.224 e. The molecule has 0 saturated heterocycles. The van der Waals surface area contributed by atoms with E-state index in [2.05, 4.69) is 32.4 Å². The Bertz CT molecular complexity index is 772. The van der Waals surface area contributed by atoms with Crippen LogP contribution < -0.4 is 5.32 Å². The molecule has 0 unspecified atom stereocenters. The molecule has 3 aromatic rings. The van der Waals surface area contributed by atoms with E-state index < -0.39 is 0 Å². The molecule has 0 atom stereocenters. The van der Waals surface area contributed by atoms with Crippen LogP contribution in [0.1, 0.15) is 11.3 Å². The van der Waals surface area contributed by atoms with Gasteiger partial charge in [0.2, 0.25) is 5.95 Å². The lowest BCUT2D eigenvalue weighted by Gasteiger charge is -2.07. The number of ether oxygens (including phenoxy) is 1. The van der Waals surface area contributed by atoms with E-state index in [1.807, 2.05) is 18.3 Å². The van der Waals surface area contributed by atoms with Gasteiger partial charge in [0, 0.05) is 30.8 Å². The SMILES string of the molecule is COCc1cc(Cl)nc(NCCc2c[nH]c3ccccc23)n1. The lowest BCUT2D eigenvalue weighted by atomic mass is 10.1. The molecule has 22 heavy (non-hydrogen) atoms. The van der Waals surface area contributed by atoms with Gasteiger partial charge in [0.05, 0.1) is 12.3 Å². The average Bonchev–Trinajstić information content (AvgIpc) is 2.91. The van der Waals surface area contributed by atoms with E-state index in [1.54, 1.807) is 13.2 Å². The molecule has 1 aromatic carbocycles. The molecular formula is C16H17ClN4O. The van der Waals surface area contributed by atoms with E-state index in [-0.39, 0.29) is 0 Å². The second-order valence-corrected chi connectivity index (χ2v) is 5.36. The molecule has 0 bridgehead atoms. The zero-order chi connectivity index (χ0) is 15.4. The molecule has 0 aliphatic carbocycles. The van der Waals surface area contributed by atoms with Crippen LogP contribution in [0.3, 0.4) is 0 Å². The molecule has 0 amide bonds. The summed E-state index contributed by atoms with van der Waals surface area (Å²) in [7, 11) is 1.63. The van der Waals surface area contributed by atoms with E-state index >= 15 is 0 Å². The highest BCUT2D eigenvalue weighted by Crippen LogP contribution is 2.18. The summed E-state index contributed by atoms with van der Waals surface area (Å²) in [4.78, 5) is 11.8. The van der Waals surface area contributed by atoms with Crippen molar-refractivity contribution in [2.45, 2.75) is 13.0 Å². The molecule has 114 valence electrons.